The largest absolute Gasteiger partial charge is 0.416 e. The maximum absolute atomic E-state index is 13.3. The standard InChI is InChI=1S/C20H17F4N3O3S/c21-14-4-5-17-18(11-14)25-12-27(19(17)28)15-6-8-26(9-7-15)31(29,30)16-3-1-2-13(10-16)20(22,23)24/h1-5,10-12,15H,6-9H2. The number of hydrogen-bond donors (Lipinski definition) is 0. The third kappa shape index (κ3) is 4.07. The quantitative estimate of drug-likeness (QED) is 0.566. The van der Waals surface area contributed by atoms with Crippen LogP contribution in [0.3, 0.4) is 0 Å². The fourth-order valence-electron chi connectivity index (χ4n) is 3.71. The van der Waals surface area contributed by atoms with Crippen molar-refractivity contribution >= 4 is 20.9 Å². The van der Waals surface area contributed by atoms with Crippen LogP contribution in [0.25, 0.3) is 10.9 Å². The van der Waals surface area contributed by atoms with Crippen molar-refractivity contribution in [2.24, 2.45) is 0 Å². The summed E-state index contributed by atoms with van der Waals surface area (Å²) in [6, 6.07) is 6.98. The van der Waals surface area contributed by atoms with E-state index in [0.717, 1.165) is 28.6 Å². The van der Waals surface area contributed by atoms with Crippen LogP contribution in [0.5, 0.6) is 0 Å². The Balaban J connectivity index is 1.55. The van der Waals surface area contributed by atoms with Gasteiger partial charge in [-0.3, -0.25) is 9.36 Å². The van der Waals surface area contributed by atoms with Crippen LogP contribution in [0.15, 0.2) is 58.5 Å². The molecule has 0 spiro atoms. The van der Waals surface area contributed by atoms with Crippen LogP contribution in [0, 0.1) is 5.82 Å². The van der Waals surface area contributed by atoms with Gasteiger partial charge in [-0.05, 0) is 43.2 Å². The third-order valence-electron chi connectivity index (χ3n) is 5.36. The maximum Gasteiger partial charge on any atom is 0.416 e. The van der Waals surface area contributed by atoms with Crippen molar-refractivity contribution in [3.8, 4) is 0 Å². The first-order valence-corrected chi connectivity index (χ1v) is 10.9. The lowest BCUT2D eigenvalue weighted by atomic mass is 10.1. The zero-order valence-corrected chi connectivity index (χ0v) is 16.8. The summed E-state index contributed by atoms with van der Waals surface area (Å²) in [7, 11) is -4.11. The number of aromatic nitrogens is 2. The lowest BCUT2D eigenvalue weighted by Gasteiger charge is -2.32. The number of rotatable bonds is 3. The lowest BCUT2D eigenvalue weighted by Crippen LogP contribution is -2.40. The van der Waals surface area contributed by atoms with E-state index in [1.54, 1.807) is 0 Å². The molecule has 1 aliphatic heterocycles. The molecule has 1 saturated heterocycles. The fourth-order valence-corrected chi connectivity index (χ4v) is 5.23. The van der Waals surface area contributed by atoms with Crippen molar-refractivity contribution < 1.29 is 26.0 Å². The third-order valence-corrected chi connectivity index (χ3v) is 7.26. The topological polar surface area (TPSA) is 72.3 Å². The minimum absolute atomic E-state index is 0.0388. The number of hydrogen-bond acceptors (Lipinski definition) is 4. The van der Waals surface area contributed by atoms with Gasteiger partial charge in [-0.15, -0.1) is 0 Å². The molecule has 0 amide bonds. The van der Waals surface area contributed by atoms with Gasteiger partial charge in [0.25, 0.3) is 5.56 Å². The minimum atomic E-state index is -4.65. The van der Waals surface area contributed by atoms with Gasteiger partial charge in [0.05, 0.1) is 27.7 Å². The molecule has 1 aromatic heterocycles. The zero-order valence-electron chi connectivity index (χ0n) is 16.0. The zero-order chi connectivity index (χ0) is 22.4. The normalized spacial score (nSPS) is 16.6. The van der Waals surface area contributed by atoms with Crippen LogP contribution >= 0.6 is 0 Å². The Kier molecular flexibility index (Phi) is 5.34. The first kappa shape index (κ1) is 21.4. The van der Waals surface area contributed by atoms with Crippen LogP contribution < -0.4 is 5.56 Å². The summed E-state index contributed by atoms with van der Waals surface area (Å²) < 4.78 is 80.3. The van der Waals surface area contributed by atoms with E-state index in [0.29, 0.717) is 6.07 Å². The van der Waals surface area contributed by atoms with Gasteiger partial charge in [0.2, 0.25) is 10.0 Å². The highest BCUT2D eigenvalue weighted by atomic mass is 32.2. The monoisotopic (exact) mass is 455 g/mol. The van der Waals surface area contributed by atoms with E-state index >= 15 is 0 Å². The van der Waals surface area contributed by atoms with Crippen LogP contribution in [-0.4, -0.2) is 35.4 Å². The van der Waals surface area contributed by atoms with Crippen molar-refractivity contribution in [3.05, 3.63) is 70.5 Å². The molecular formula is C20H17F4N3O3S. The van der Waals surface area contributed by atoms with Gasteiger partial charge >= 0.3 is 6.18 Å². The molecule has 0 aliphatic carbocycles. The number of benzene rings is 2. The SMILES string of the molecule is O=c1c2ccc(F)cc2ncn1C1CCN(S(=O)(=O)c2cccc(C(F)(F)F)c2)CC1. The highest BCUT2D eigenvalue weighted by Crippen LogP contribution is 2.32. The summed E-state index contributed by atoms with van der Waals surface area (Å²) in [4.78, 5) is 16.4. The van der Waals surface area contributed by atoms with E-state index in [-0.39, 0.29) is 48.4 Å². The number of fused-ring (bicyclic) bond motifs is 1. The first-order chi connectivity index (χ1) is 14.6. The summed E-state index contributed by atoms with van der Waals surface area (Å²) >= 11 is 0. The molecule has 11 heteroatoms. The van der Waals surface area contributed by atoms with Crippen molar-refractivity contribution in [3.63, 3.8) is 0 Å². The van der Waals surface area contributed by atoms with Gasteiger partial charge in [0, 0.05) is 25.2 Å². The van der Waals surface area contributed by atoms with Crippen LogP contribution in [-0.2, 0) is 16.2 Å². The maximum atomic E-state index is 13.3. The van der Waals surface area contributed by atoms with E-state index in [4.69, 9.17) is 0 Å². The molecule has 3 aromatic rings. The molecule has 2 aromatic carbocycles. The molecule has 0 N–H and O–H groups in total. The fraction of sp³-hybridized carbons (Fsp3) is 0.300. The molecule has 1 aliphatic rings. The number of alkyl halides is 3. The predicted octanol–water partition coefficient (Wildman–Crippen LogP) is 3.58. The average Bonchev–Trinajstić information content (AvgIpc) is 2.73. The Morgan fingerprint density at radius 2 is 1.74 bits per heavy atom. The summed E-state index contributed by atoms with van der Waals surface area (Å²) in [6.45, 7) is 0.0777. The molecule has 6 nitrogen and oxygen atoms in total. The second kappa shape index (κ2) is 7.72. The smallest absolute Gasteiger partial charge is 0.296 e. The number of sulfonamides is 1. The lowest BCUT2D eigenvalue weighted by molar-refractivity contribution is -0.137. The number of nitrogens with zero attached hydrogens (tertiary/aromatic N) is 3. The Bertz CT molecular complexity index is 1300. The average molecular weight is 455 g/mol. The van der Waals surface area contributed by atoms with Gasteiger partial charge < -0.3 is 0 Å². The summed E-state index contributed by atoms with van der Waals surface area (Å²) in [5.41, 5.74) is -1.16. The van der Waals surface area contributed by atoms with Crippen LogP contribution in [0.2, 0.25) is 0 Å². The van der Waals surface area contributed by atoms with Gasteiger partial charge in [-0.25, -0.2) is 17.8 Å². The van der Waals surface area contributed by atoms with Crippen LogP contribution in [0.4, 0.5) is 17.6 Å². The van der Waals surface area contributed by atoms with Gasteiger partial charge in [0.1, 0.15) is 5.82 Å². The van der Waals surface area contributed by atoms with Crippen molar-refractivity contribution in [2.75, 3.05) is 13.1 Å². The molecule has 4 rings (SSSR count). The predicted molar refractivity (Wildman–Crippen MR) is 104 cm³/mol. The summed E-state index contributed by atoms with van der Waals surface area (Å²) in [5, 5.41) is 0.253. The molecule has 0 saturated carbocycles. The molecule has 2 heterocycles. The molecule has 31 heavy (non-hydrogen) atoms. The molecule has 0 radical (unpaired) electrons. The highest BCUT2D eigenvalue weighted by Gasteiger charge is 2.34. The van der Waals surface area contributed by atoms with Crippen molar-refractivity contribution in [2.45, 2.75) is 30.0 Å². The van der Waals surface area contributed by atoms with Gasteiger partial charge in [-0.1, -0.05) is 6.07 Å². The molecular weight excluding hydrogens is 438 g/mol. The first-order valence-electron chi connectivity index (χ1n) is 9.41. The van der Waals surface area contributed by atoms with Gasteiger partial charge in [0.15, 0.2) is 0 Å². The Labute approximate surface area is 174 Å². The van der Waals surface area contributed by atoms with Crippen LogP contribution in [0.1, 0.15) is 24.4 Å². The van der Waals surface area contributed by atoms with E-state index in [1.807, 2.05) is 0 Å². The minimum Gasteiger partial charge on any atom is -0.296 e. The Morgan fingerprint density at radius 3 is 2.42 bits per heavy atom. The molecule has 1 fully saturated rings. The van der Waals surface area contributed by atoms with E-state index < -0.39 is 32.5 Å². The highest BCUT2D eigenvalue weighted by molar-refractivity contribution is 7.89. The second-order valence-corrected chi connectivity index (χ2v) is 9.22. The Morgan fingerprint density at radius 1 is 1.03 bits per heavy atom. The van der Waals surface area contributed by atoms with E-state index in [1.165, 1.54) is 23.0 Å². The van der Waals surface area contributed by atoms with E-state index in [2.05, 4.69) is 4.98 Å². The molecule has 0 atom stereocenters. The van der Waals surface area contributed by atoms with E-state index in [9.17, 15) is 30.8 Å². The number of halogens is 4. The molecule has 0 bridgehead atoms. The Hall–Kier alpha value is -2.79. The molecule has 0 unspecified atom stereocenters. The van der Waals surface area contributed by atoms with Gasteiger partial charge in [-0.2, -0.15) is 17.5 Å². The van der Waals surface area contributed by atoms with Crippen molar-refractivity contribution in [1.82, 2.24) is 13.9 Å². The summed E-state index contributed by atoms with van der Waals surface area (Å²) in [5.74, 6) is -0.509. The number of piperidine rings is 1. The van der Waals surface area contributed by atoms with Crippen molar-refractivity contribution in [1.29, 1.82) is 0 Å². The summed E-state index contributed by atoms with van der Waals surface area (Å²) in [6.07, 6.45) is -2.77. The molecule has 164 valence electrons. The second-order valence-electron chi connectivity index (χ2n) is 7.28.